The Balaban J connectivity index is 1.17. The number of aromatic nitrogens is 1. The molecule has 0 aliphatic carbocycles. The lowest BCUT2D eigenvalue weighted by atomic mass is 9.98. The number of furan rings is 2. The molecule has 0 amide bonds. The number of benzene rings is 9. The molecule has 0 saturated heterocycles. The van der Waals surface area contributed by atoms with Crippen molar-refractivity contribution in [1.82, 2.24) is 4.57 Å². The van der Waals surface area contributed by atoms with Crippen LogP contribution in [-0.4, -0.2) is 4.57 Å². The van der Waals surface area contributed by atoms with Crippen LogP contribution in [0.25, 0.3) is 93.3 Å². The van der Waals surface area contributed by atoms with Gasteiger partial charge in [-0.2, -0.15) is 0 Å². The van der Waals surface area contributed by atoms with Crippen LogP contribution in [0.1, 0.15) is 0 Å². The lowest BCUT2D eigenvalue weighted by molar-refractivity contribution is 0.669. The van der Waals surface area contributed by atoms with E-state index in [0.717, 1.165) is 94.0 Å². The fourth-order valence-corrected chi connectivity index (χ4v) is 8.78. The van der Waals surface area contributed by atoms with Gasteiger partial charge in [-0.1, -0.05) is 115 Å². The van der Waals surface area contributed by atoms with Crippen molar-refractivity contribution >= 4 is 93.5 Å². The minimum atomic E-state index is 0.834. The van der Waals surface area contributed by atoms with Crippen molar-refractivity contribution in [2.24, 2.45) is 0 Å². The van der Waals surface area contributed by atoms with E-state index >= 15 is 0 Å². The van der Waals surface area contributed by atoms with Gasteiger partial charge in [0, 0.05) is 54.8 Å². The lowest BCUT2D eigenvalue weighted by Crippen LogP contribution is -2.10. The van der Waals surface area contributed by atoms with E-state index in [2.05, 4.69) is 191 Å². The molecule has 0 spiro atoms. The summed E-state index contributed by atoms with van der Waals surface area (Å²) in [6.07, 6.45) is 0. The first-order valence-corrected chi connectivity index (χ1v) is 19.0. The van der Waals surface area contributed by atoms with Gasteiger partial charge >= 0.3 is 0 Å². The first-order chi connectivity index (χ1) is 27.8. The zero-order valence-electron chi connectivity index (χ0n) is 30.2. The second kappa shape index (κ2) is 12.0. The molecule has 0 radical (unpaired) electrons. The fraction of sp³-hybridized carbons (Fsp3) is 0. The van der Waals surface area contributed by atoms with Crippen LogP contribution in [0.3, 0.4) is 0 Å². The van der Waals surface area contributed by atoms with Gasteiger partial charge < -0.3 is 18.3 Å². The predicted molar refractivity (Wildman–Crippen MR) is 233 cm³/mol. The SMILES string of the molecule is c1ccc(N(c2ccc3oc4ccccc4c3c2)c2cc(-c3ccc4c5ccccc5n(-c5ccccc5)c4c3)cc3c2oc2c4ccccc4ccc32)cc1. The molecule has 0 bridgehead atoms. The van der Waals surface area contributed by atoms with Gasteiger partial charge in [-0.25, -0.2) is 0 Å². The van der Waals surface area contributed by atoms with Crippen LogP contribution in [0.2, 0.25) is 0 Å². The maximum Gasteiger partial charge on any atom is 0.159 e. The topological polar surface area (TPSA) is 34.5 Å². The summed E-state index contributed by atoms with van der Waals surface area (Å²) in [6.45, 7) is 0. The van der Waals surface area contributed by atoms with E-state index < -0.39 is 0 Å². The third-order valence-electron chi connectivity index (χ3n) is 11.3. The number of para-hydroxylation sites is 4. The monoisotopic (exact) mass is 716 g/mol. The van der Waals surface area contributed by atoms with Crippen molar-refractivity contribution in [3.63, 3.8) is 0 Å². The van der Waals surface area contributed by atoms with Crippen LogP contribution in [0, 0.1) is 0 Å². The molecule has 0 unspecified atom stereocenters. The molecule has 56 heavy (non-hydrogen) atoms. The van der Waals surface area contributed by atoms with Crippen molar-refractivity contribution in [3.05, 3.63) is 194 Å². The Morgan fingerprint density at radius 2 is 1.05 bits per heavy atom. The fourth-order valence-electron chi connectivity index (χ4n) is 8.78. The minimum absolute atomic E-state index is 0.834. The minimum Gasteiger partial charge on any atom is -0.456 e. The molecule has 262 valence electrons. The van der Waals surface area contributed by atoms with Crippen LogP contribution in [0.4, 0.5) is 17.1 Å². The highest BCUT2D eigenvalue weighted by Gasteiger charge is 2.23. The zero-order valence-corrected chi connectivity index (χ0v) is 30.2. The van der Waals surface area contributed by atoms with E-state index in [1.54, 1.807) is 0 Å². The molecule has 3 heterocycles. The molecule has 0 aliphatic heterocycles. The number of anilines is 3. The van der Waals surface area contributed by atoms with Gasteiger partial charge in [0.15, 0.2) is 5.58 Å². The summed E-state index contributed by atoms with van der Waals surface area (Å²) in [5.41, 5.74) is 12.2. The van der Waals surface area contributed by atoms with Crippen molar-refractivity contribution in [3.8, 4) is 16.8 Å². The molecule has 0 aliphatic rings. The average Bonchev–Trinajstić information content (AvgIpc) is 3.94. The Hall–Kier alpha value is -7.56. The van der Waals surface area contributed by atoms with Crippen molar-refractivity contribution < 1.29 is 8.83 Å². The van der Waals surface area contributed by atoms with Crippen LogP contribution >= 0.6 is 0 Å². The summed E-state index contributed by atoms with van der Waals surface area (Å²) < 4.78 is 15.7. The largest absolute Gasteiger partial charge is 0.456 e. The summed E-state index contributed by atoms with van der Waals surface area (Å²) in [4.78, 5) is 2.33. The highest BCUT2D eigenvalue weighted by Crippen LogP contribution is 2.47. The third-order valence-corrected chi connectivity index (χ3v) is 11.3. The Morgan fingerprint density at radius 3 is 1.93 bits per heavy atom. The number of rotatable bonds is 5. The zero-order chi connectivity index (χ0) is 36.7. The van der Waals surface area contributed by atoms with Crippen molar-refractivity contribution in [1.29, 1.82) is 0 Å². The summed E-state index contributed by atoms with van der Waals surface area (Å²) in [6, 6.07) is 69.1. The molecule has 12 aromatic rings. The molecule has 0 N–H and O–H groups in total. The molecule has 0 atom stereocenters. The van der Waals surface area contributed by atoms with Crippen LogP contribution < -0.4 is 4.90 Å². The number of hydrogen-bond acceptors (Lipinski definition) is 3. The second-order valence-corrected chi connectivity index (χ2v) is 14.5. The number of nitrogens with zero attached hydrogens (tertiary/aromatic N) is 2. The summed E-state index contributed by atoms with van der Waals surface area (Å²) in [5.74, 6) is 0. The van der Waals surface area contributed by atoms with Gasteiger partial charge in [-0.15, -0.1) is 0 Å². The van der Waals surface area contributed by atoms with E-state index in [1.165, 1.54) is 16.3 Å². The van der Waals surface area contributed by atoms with Crippen molar-refractivity contribution in [2.45, 2.75) is 0 Å². The van der Waals surface area contributed by atoms with E-state index in [0.29, 0.717) is 0 Å². The molecular weight excluding hydrogens is 685 g/mol. The molecule has 4 nitrogen and oxygen atoms in total. The van der Waals surface area contributed by atoms with Crippen molar-refractivity contribution in [2.75, 3.05) is 4.90 Å². The smallest absolute Gasteiger partial charge is 0.159 e. The highest BCUT2D eigenvalue weighted by molar-refractivity contribution is 6.19. The van der Waals surface area contributed by atoms with Gasteiger partial charge in [-0.3, -0.25) is 0 Å². The lowest BCUT2D eigenvalue weighted by Gasteiger charge is -2.26. The predicted octanol–water partition coefficient (Wildman–Crippen LogP) is 14.9. The van der Waals surface area contributed by atoms with Gasteiger partial charge in [0.2, 0.25) is 0 Å². The average molecular weight is 717 g/mol. The van der Waals surface area contributed by atoms with E-state index in [4.69, 9.17) is 8.83 Å². The molecule has 4 heteroatoms. The summed E-state index contributed by atoms with van der Waals surface area (Å²) >= 11 is 0. The van der Waals surface area contributed by atoms with Crippen LogP contribution in [0.15, 0.2) is 203 Å². The van der Waals surface area contributed by atoms with Gasteiger partial charge in [0.25, 0.3) is 0 Å². The molecule has 0 fully saturated rings. The molecule has 9 aromatic carbocycles. The molecule has 3 aromatic heterocycles. The number of fused-ring (bicyclic) bond motifs is 11. The molecule has 0 saturated carbocycles. The Kier molecular flexibility index (Phi) is 6.60. The highest BCUT2D eigenvalue weighted by atomic mass is 16.3. The Morgan fingerprint density at radius 1 is 0.357 bits per heavy atom. The van der Waals surface area contributed by atoms with E-state index in [-0.39, 0.29) is 0 Å². The van der Waals surface area contributed by atoms with Crippen LogP contribution in [0.5, 0.6) is 0 Å². The normalized spacial score (nSPS) is 11.9. The first kappa shape index (κ1) is 30.9. The van der Waals surface area contributed by atoms with Gasteiger partial charge in [0.1, 0.15) is 16.7 Å². The first-order valence-electron chi connectivity index (χ1n) is 19.0. The van der Waals surface area contributed by atoms with E-state index in [1.807, 2.05) is 12.1 Å². The quantitative estimate of drug-likeness (QED) is 0.178. The van der Waals surface area contributed by atoms with Crippen LogP contribution in [-0.2, 0) is 0 Å². The third kappa shape index (κ3) is 4.60. The van der Waals surface area contributed by atoms with E-state index in [9.17, 15) is 0 Å². The second-order valence-electron chi connectivity index (χ2n) is 14.5. The molecular formula is C52H32N2O2. The Bertz CT molecular complexity index is 3480. The molecule has 12 rings (SSSR count). The van der Waals surface area contributed by atoms with Gasteiger partial charge in [-0.05, 0) is 95.4 Å². The maximum absolute atomic E-state index is 7.08. The Labute approximate surface area is 321 Å². The standard InChI is InChI=1S/C52H32N2O2/c1-3-14-36(15-4-1)53(38-25-28-50-44(32-38)42-20-10-12-22-49(42)55-50)48-31-35(29-45-43-27-23-33-13-7-8-18-39(33)51(43)56-52(45)48)34-24-26-41-40-19-9-11-21-46(40)54(47(41)30-34)37-16-5-2-6-17-37/h1-32H. The summed E-state index contributed by atoms with van der Waals surface area (Å²) in [5, 5.41) is 9.02. The maximum atomic E-state index is 7.08. The van der Waals surface area contributed by atoms with Gasteiger partial charge in [0.05, 0.1) is 16.7 Å². The number of hydrogen-bond donors (Lipinski definition) is 0. The summed E-state index contributed by atoms with van der Waals surface area (Å²) in [7, 11) is 0.